The zero-order valence-electron chi connectivity index (χ0n) is 13.4. The lowest BCUT2D eigenvalue weighted by Crippen LogP contribution is -2.49. The van der Waals surface area contributed by atoms with E-state index in [1.54, 1.807) is 0 Å². The number of thioether (sulfide) groups is 1. The van der Waals surface area contributed by atoms with Gasteiger partial charge in [0.15, 0.2) is 0 Å². The lowest BCUT2D eigenvalue weighted by molar-refractivity contribution is -0.139. The Morgan fingerprint density at radius 3 is 2.24 bits per heavy atom. The van der Waals surface area contributed by atoms with Gasteiger partial charge in [0.25, 0.3) is 0 Å². The van der Waals surface area contributed by atoms with Crippen molar-refractivity contribution in [3.8, 4) is 0 Å². The molecule has 11 nitrogen and oxygen atoms in total. The quantitative estimate of drug-likeness (QED) is 0.223. The third-order valence-electron chi connectivity index (χ3n) is 2.80. The topological polar surface area (TPSA) is 196 Å². The van der Waals surface area contributed by atoms with Crippen LogP contribution >= 0.6 is 11.8 Å². The van der Waals surface area contributed by atoms with Crippen LogP contribution in [-0.2, 0) is 24.0 Å². The Morgan fingerprint density at radius 1 is 1.16 bits per heavy atom. The predicted molar refractivity (Wildman–Crippen MR) is 86.6 cm³/mol. The summed E-state index contributed by atoms with van der Waals surface area (Å²) in [5.74, 6) is -4.31. The molecule has 7 N–H and O–H groups in total. The van der Waals surface area contributed by atoms with Crippen LogP contribution in [0.25, 0.3) is 0 Å². The Labute approximate surface area is 147 Å². The Bertz CT molecular complexity index is 525. The molecule has 0 fully saturated rings. The van der Waals surface area contributed by atoms with Crippen LogP contribution in [0.5, 0.6) is 0 Å². The van der Waals surface area contributed by atoms with Crippen molar-refractivity contribution in [3.63, 3.8) is 0 Å². The van der Waals surface area contributed by atoms with Crippen molar-refractivity contribution < 1.29 is 39.3 Å². The molecule has 2 unspecified atom stereocenters. The Balaban J connectivity index is 4.72. The molecule has 142 valence electrons. The zero-order chi connectivity index (χ0) is 19.6. The molecule has 0 spiro atoms. The molecule has 0 radical (unpaired) electrons. The average Bonchev–Trinajstić information content (AvgIpc) is 2.53. The number of carboxylic acids is 2. The standard InChI is InChI=1S/C13H21N3O8S/c1-6(17)13(24)25-5-8(11(21)15-4-10(19)20)16-9(18)3-2-7(14)12(22)23/h6-8,17H,2-5,14H2,1H3,(H,15,21)(H,16,18)(H,19,20)(H,22,23)/t6-,7?,8?/m1/s1. The molecular weight excluding hydrogens is 358 g/mol. The van der Waals surface area contributed by atoms with E-state index < -0.39 is 53.6 Å². The predicted octanol–water partition coefficient (Wildman–Crippen LogP) is -2.50. The third kappa shape index (κ3) is 10.3. The molecule has 3 atom stereocenters. The number of carboxylic acid groups (broad SMARTS) is 2. The van der Waals surface area contributed by atoms with Crippen molar-refractivity contribution in [2.24, 2.45) is 5.73 Å². The second-order valence-electron chi connectivity index (χ2n) is 5.02. The minimum Gasteiger partial charge on any atom is -0.480 e. The average molecular weight is 379 g/mol. The highest BCUT2D eigenvalue weighted by Gasteiger charge is 2.24. The van der Waals surface area contributed by atoms with Crippen LogP contribution in [0.1, 0.15) is 19.8 Å². The van der Waals surface area contributed by atoms with Crippen LogP contribution in [-0.4, -0.2) is 74.7 Å². The van der Waals surface area contributed by atoms with Gasteiger partial charge >= 0.3 is 11.9 Å². The van der Waals surface area contributed by atoms with E-state index in [9.17, 15) is 24.0 Å². The van der Waals surface area contributed by atoms with Gasteiger partial charge in [-0.3, -0.25) is 24.0 Å². The highest BCUT2D eigenvalue weighted by atomic mass is 32.2. The first-order valence-corrected chi connectivity index (χ1v) is 8.15. The van der Waals surface area contributed by atoms with Gasteiger partial charge in [0.05, 0.1) is 0 Å². The number of rotatable bonds is 11. The number of hydrogen-bond acceptors (Lipinski definition) is 8. The maximum absolute atomic E-state index is 11.9. The monoisotopic (exact) mass is 379 g/mol. The molecule has 0 heterocycles. The van der Waals surface area contributed by atoms with Gasteiger partial charge in [-0.1, -0.05) is 11.8 Å². The van der Waals surface area contributed by atoms with Crippen molar-refractivity contribution >= 4 is 40.6 Å². The summed E-state index contributed by atoms with van der Waals surface area (Å²) < 4.78 is 0. The molecule has 2 amide bonds. The van der Waals surface area contributed by atoms with E-state index in [1.807, 2.05) is 0 Å². The molecule has 0 aliphatic heterocycles. The molecule has 0 aromatic carbocycles. The largest absolute Gasteiger partial charge is 0.480 e. The van der Waals surface area contributed by atoms with E-state index >= 15 is 0 Å². The van der Waals surface area contributed by atoms with Crippen molar-refractivity contribution in [1.29, 1.82) is 0 Å². The Kier molecular flexibility index (Phi) is 10.4. The number of aliphatic hydroxyl groups excluding tert-OH is 1. The van der Waals surface area contributed by atoms with Gasteiger partial charge in [0, 0.05) is 12.2 Å². The van der Waals surface area contributed by atoms with E-state index in [0.717, 1.165) is 0 Å². The van der Waals surface area contributed by atoms with Crippen molar-refractivity contribution in [2.75, 3.05) is 12.3 Å². The van der Waals surface area contributed by atoms with Crippen LogP contribution in [0, 0.1) is 0 Å². The summed E-state index contributed by atoms with van der Waals surface area (Å²) >= 11 is 0.596. The van der Waals surface area contributed by atoms with Crippen molar-refractivity contribution in [2.45, 2.75) is 38.0 Å². The lowest BCUT2D eigenvalue weighted by atomic mass is 10.1. The van der Waals surface area contributed by atoms with Crippen molar-refractivity contribution in [3.05, 3.63) is 0 Å². The van der Waals surface area contributed by atoms with E-state index in [4.69, 9.17) is 21.1 Å². The first kappa shape index (κ1) is 22.8. The molecule has 12 heteroatoms. The van der Waals surface area contributed by atoms with Gasteiger partial charge in [-0.05, 0) is 13.3 Å². The van der Waals surface area contributed by atoms with Crippen LogP contribution in [0.3, 0.4) is 0 Å². The van der Waals surface area contributed by atoms with Gasteiger partial charge in [-0.15, -0.1) is 0 Å². The van der Waals surface area contributed by atoms with Gasteiger partial charge in [0.1, 0.15) is 24.7 Å². The molecular formula is C13H21N3O8S. The number of aliphatic hydroxyl groups is 1. The maximum atomic E-state index is 11.9. The van der Waals surface area contributed by atoms with Gasteiger partial charge in [0.2, 0.25) is 16.9 Å². The highest BCUT2D eigenvalue weighted by Crippen LogP contribution is 2.08. The summed E-state index contributed by atoms with van der Waals surface area (Å²) in [6, 6.07) is -2.48. The molecule has 0 aromatic heterocycles. The van der Waals surface area contributed by atoms with E-state index in [0.29, 0.717) is 11.8 Å². The molecule has 0 saturated carbocycles. The summed E-state index contributed by atoms with van der Waals surface area (Å²) in [5, 5.41) is 30.0. The van der Waals surface area contributed by atoms with Crippen molar-refractivity contribution in [1.82, 2.24) is 10.6 Å². The van der Waals surface area contributed by atoms with E-state index in [-0.39, 0.29) is 18.6 Å². The third-order valence-corrected chi connectivity index (χ3v) is 3.92. The fourth-order valence-electron chi connectivity index (χ4n) is 1.43. The molecule has 0 aliphatic carbocycles. The number of hydrogen-bond donors (Lipinski definition) is 6. The normalized spacial score (nSPS) is 14.0. The van der Waals surface area contributed by atoms with Crippen LogP contribution < -0.4 is 16.4 Å². The lowest BCUT2D eigenvalue weighted by Gasteiger charge is -2.18. The number of nitrogens with one attached hydrogen (secondary N) is 2. The fourth-order valence-corrected chi connectivity index (χ4v) is 2.24. The summed E-state index contributed by atoms with van der Waals surface area (Å²) in [6.07, 6.45) is -1.70. The first-order chi connectivity index (χ1) is 11.5. The van der Waals surface area contributed by atoms with Crippen LogP contribution in [0.4, 0.5) is 0 Å². The zero-order valence-corrected chi connectivity index (χ0v) is 14.2. The van der Waals surface area contributed by atoms with Gasteiger partial charge in [-0.25, -0.2) is 0 Å². The number of amides is 2. The molecule has 0 aromatic rings. The number of aliphatic carboxylic acids is 2. The van der Waals surface area contributed by atoms with Crippen LogP contribution in [0.15, 0.2) is 0 Å². The summed E-state index contributed by atoms with van der Waals surface area (Å²) in [5.41, 5.74) is 5.27. The SMILES string of the molecule is C[C@@H](O)C(=O)SCC(NC(=O)CCC(N)C(=O)O)C(=O)NCC(=O)O. The highest BCUT2D eigenvalue weighted by molar-refractivity contribution is 8.13. The first-order valence-electron chi connectivity index (χ1n) is 7.16. The Hall–Kier alpha value is -2.18. The summed E-state index contributed by atoms with van der Waals surface area (Å²) in [4.78, 5) is 56.2. The molecule has 0 bridgehead atoms. The smallest absolute Gasteiger partial charge is 0.322 e. The molecule has 25 heavy (non-hydrogen) atoms. The Morgan fingerprint density at radius 2 is 1.76 bits per heavy atom. The molecule has 0 rings (SSSR count). The number of carbonyl (C=O) groups is 5. The van der Waals surface area contributed by atoms with Gasteiger partial charge in [-0.2, -0.15) is 0 Å². The molecule has 0 aliphatic rings. The second kappa shape index (κ2) is 11.4. The maximum Gasteiger partial charge on any atom is 0.322 e. The van der Waals surface area contributed by atoms with Crippen LogP contribution in [0.2, 0.25) is 0 Å². The minimum atomic E-state index is -1.29. The number of carbonyl (C=O) groups excluding carboxylic acids is 3. The minimum absolute atomic E-state index is 0.162. The van der Waals surface area contributed by atoms with Gasteiger partial charge < -0.3 is 31.7 Å². The summed E-state index contributed by atoms with van der Waals surface area (Å²) in [6.45, 7) is 0.560. The molecule has 0 saturated heterocycles. The fraction of sp³-hybridized carbons (Fsp3) is 0.615. The second-order valence-corrected chi connectivity index (χ2v) is 6.05. The van der Waals surface area contributed by atoms with E-state index in [1.165, 1.54) is 6.92 Å². The number of nitrogens with two attached hydrogens (primary N) is 1. The van der Waals surface area contributed by atoms with E-state index in [2.05, 4.69) is 10.6 Å². The summed E-state index contributed by atoms with van der Waals surface area (Å²) in [7, 11) is 0.